The van der Waals surface area contributed by atoms with E-state index < -0.39 is 0 Å². The van der Waals surface area contributed by atoms with Crippen molar-refractivity contribution >= 4 is 0 Å². The first-order chi connectivity index (χ1) is 9.20. The molecule has 0 aromatic heterocycles. The van der Waals surface area contributed by atoms with Crippen LogP contribution in [0.3, 0.4) is 0 Å². The highest BCUT2D eigenvalue weighted by Gasteiger charge is 2.21. The molecule has 1 aliphatic heterocycles. The van der Waals surface area contributed by atoms with Crippen LogP contribution in [0.5, 0.6) is 0 Å². The van der Waals surface area contributed by atoms with E-state index >= 15 is 0 Å². The van der Waals surface area contributed by atoms with Crippen molar-refractivity contribution in [3.8, 4) is 0 Å². The van der Waals surface area contributed by atoms with Gasteiger partial charge in [0.1, 0.15) is 0 Å². The molecule has 1 saturated heterocycles. The average molecular weight is 260 g/mol. The summed E-state index contributed by atoms with van der Waals surface area (Å²) in [5.41, 5.74) is 8.90. The summed E-state index contributed by atoms with van der Waals surface area (Å²) in [7, 11) is 0. The van der Waals surface area contributed by atoms with Crippen molar-refractivity contribution in [3.05, 3.63) is 35.4 Å². The van der Waals surface area contributed by atoms with Crippen molar-refractivity contribution in [2.24, 2.45) is 5.73 Å². The largest absolute Gasteiger partial charge is 0.324 e. The Morgan fingerprint density at radius 2 is 2.00 bits per heavy atom. The van der Waals surface area contributed by atoms with Crippen molar-refractivity contribution in [1.29, 1.82) is 0 Å². The summed E-state index contributed by atoms with van der Waals surface area (Å²) < 4.78 is 0. The number of aryl methyl sites for hydroxylation is 1. The minimum Gasteiger partial charge on any atom is -0.324 e. The van der Waals surface area contributed by atoms with Crippen LogP contribution in [-0.2, 0) is 0 Å². The smallest absolute Gasteiger partial charge is 0.0307 e. The van der Waals surface area contributed by atoms with Gasteiger partial charge in [0, 0.05) is 18.6 Å². The molecule has 1 heterocycles. The maximum absolute atomic E-state index is 6.32. The van der Waals surface area contributed by atoms with E-state index in [1.807, 2.05) is 0 Å². The normalized spacial score (nSPS) is 22.4. The van der Waals surface area contributed by atoms with E-state index in [4.69, 9.17) is 5.73 Å². The van der Waals surface area contributed by atoms with E-state index in [0.717, 1.165) is 19.0 Å². The molecular formula is C17H28N2. The third-order valence-corrected chi connectivity index (χ3v) is 4.45. The zero-order chi connectivity index (χ0) is 13.7. The van der Waals surface area contributed by atoms with Gasteiger partial charge in [-0.3, -0.25) is 0 Å². The molecule has 1 aliphatic rings. The Morgan fingerprint density at radius 3 is 2.68 bits per heavy atom. The van der Waals surface area contributed by atoms with Gasteiger partial charge in [-0.25, -0.2) is 0 Å². The van der Waals surface area contributed by atoms with Crippen LogP contribution in [0, 0.1) is 6.92 Å². The average Bonchev–Trinajstić information content (AvgIpc) is 2.45. The predicted molar refractivity (Wildman–Crippen MR) is 82.2 cm³/mol. The molecule has 1 aromatic carbocycles. The van der Waals surface area contributed by atoms with Gasteiger partial charge in [0.05, 0.1) is 0 Å². The molecule has 0 bridgehead atoms. The van der Waals surface area contributed by atoms with Crippen molar-refractivity contribution in [2.75, 3.05) is 13.1 Å². The van der Waals surface area contributed by atoms with Crippen LogP contribution >= 0.6 is 0 Å². The van der Waals surface area contributed by atoms with Gasteiger partial charge >= 0.3 is 0 Å². The van der Waals surface area contributed by atoms with Crippen molar-refractivity contribution in [3.63, 3.8) is 0 Å². The second-order valence-electron chi connectivity index (χ2n) is 5.90. The molecule has 2 nitrogen and oxygen atoms in total. The Labute approximate surface area is 118 Å². The summed E-state index contributed by atoms with van der Waals surface area (Å²) in [6, 6.07) is 9.63. The molecule has 2 rings (SSSR count). The van der Waals surface area contributed by atoms with Gasteiger partial charge in [0.2, 0.25) is 0 Å². The lowest BCUT2D eigenvalue weighted by Gasteiger charge is -2.35. The van der Waals surface area contributed by atoms with Gasteiger partial charge in [-0.15, -0.1) is 0 Å². The lowest BCUT2D eigenvalue weighted by molar-refractivity contribution is 0.139. The van der Waals surface area contributed by atoms with Crippen LogP contribution in [-0.4, -0.2) is 24.0 Å². The summed E-state index contributed by atoms with van der Waals surface area (Å²) >= 11 is 0. The SMILES string of the molecule is CCC1CCCCN1CCC(N)c1ccc(C)cc1. The number of nitrogens with two attached hydrogens (primary N) is 1. The molecule has 0 radical (unpaired) electrons. The van der Waals surface area contributed by atoms with E-state index in [-0.39, 0.29) is 6.04 Å². The fourth-order valence-electron chi connectivity index (χ4n) is 3.10. The van der Waals surface area contributed by atoms with Crippen LogP contribution < -0.4 is 5.73 Å². The first kappa shape index (κ1) is 14.5. The zero-order valence-electron chi connectivity index (χ0n) is 12.4. The first-order valence-corrected chi connectivity index (χ1v) is 7.77. The van der Waals surface area contributed by atoms with Crippen LogP contribution in [0.1, 0.15) is 56.2 Å². The molecule has 2 N–H and O–H groups in total. The van der Waals surface area contributed by atoms with E-state index in [0.29, 0.717) is 0 Å². The lowest BCUT2D eigenvalue weighted by Crippen LogP contribution is -2.40. The maximum Gasteiger partial charge on any atom is 0.0307 e. The number of hydrogen-bond acceptors (Lipinski definition) is 2. The number of hydrogen-bond donors (Lipinski definition) is 1. The van der Waals surface area contributed by atoms with Crippen LogP contribution in [0.15, 0.2) is 24.3 Å². The predicted octanol–water partition coefficient (Wildman–Crippen LogP) is 3.65. The molecule has 2 heteroatoms. The minimum atomic E-state index is 0.181. The van der Waals surface area contributed by atoms with Crippen LogP contribution in [0.2, 0.25) is 0 Å². The standard InChI is InChI=1S/C17H28N2/c1-3-16-6-4-5-12-19(16)13-11-17(18)15-9-7-14(2)8-10-15/h7-10,16-17H,3-6,11-13,18H2,1-2H3. The molecule has 2 atom stereocenters. The number of piperidine rings is 1. The van der Waals surface area contributed by atoms with Crippen molar-refractivity contribution in [2.45, 2.75) is 58.0 Å². The van der Waals surface area contributed by atoms with E-state index in [2.05, 4.69) is 43.0 Å². The Kier molecular flexibility index (Phi) is 5.41. The summed E-state index contributed by atoms with van der Waals surface area (Å²) in [4.78, 5) is 2.65. The molecule has 0 amide bonds. The molecule has 106 valence electrons. The Bertz CT molecular complexity index is 371. The third kappa shape index (κ3) is 4.05. The summed E-state index contributed by atoms with van der Waals surface area (Å²) in [5.74, 6) is 0. The zero-order valence-corrected chi connectivity index (χ0v) is 12.4. The first-order valence-electron chi connectivity index (χ1n) is 7.77. The van der Waals surface area contributed by atoms with Gasteiger partial charge < -0.3 is 10.6 Å². The van der Waals surface area contributed by atoms with Gasteiger partial charge in [-0.2, -0.15) is 0 Å². The Morgan fingerprint density at radius 1 is 1.26 bits per heavy atom. The van der Waals surface area contributed by atoms with Gasteiger partial charge in [-0.1, -0.05) is 43.2 Å². The van der Waals surface area contributed by atoms with Crippen LogP contribution in [0.4, 0.5) is 0 Å². The number of nitrogens with zero attached hydrogens (tertiary/aromatic N) is 1. The fourth-order valence-corrected chi connectivity index (χ4v) is 3.10. The van der Waals surface area contributed by atoms with Gasteiger partial charge in [0.25, 0.3) is 0 Å². The second kappa shape index (κ2) is 7.06. The maximum atomic E-state index is 6.32. The quantitative estimate of drug-likeness (QED) is 0.875. The molecule has 0 aliphatic carbocycles. The highest BCUT2D eigenvalue weighted by molar-refractivity contribution is 5.23. The lowest BCUT2D eigenvalue weighted by atomic mass is 9.98. The van der Waals surface area contributed by atoms with E-state index in [1.165, 1.54) is 43.4 Å². The Hall–Kier alpha value is -0.860. The number of likely N-dealkylation sites (tertiary alicyclic amines) is 1. The number of rotatable bonds is 5. The number of benzene rings is 1. The van der Waals surface area contributed by atoms with E-state index in [9.17, 15) is 0 Å². The third-order valence-electron chi connectivity index (χ3n) is 4.45. The molecule has 2 unspecified atom stereocenters. The topological polar surface area (TPSA) is 29.3 Å². The Balaban J connectivity index is 1.85. The second-order valence-corrected chi connectivity index (χ2v) is 5.90. The van der Waals surface area contributed by atoms with Crippen LogP contribution in [0.25, 0.3) is 0 Å². The molecule has 19 heavy (non-hydrogen) atoms. The molecule has 0 spiro atoms. The highest BCUT2D eigenvalue weighted by Crippen LogP contribution is 2.22. The molecule has 1 fully saturated rings. The molecule has 1 aromatic rings. The summed E-state index contributed by atoms with van der Waals surface area (Å²) in [5, 5.41) is 0. The molecular weight excluding hydrogens is 232 g/mol. The minimum absolute atomic E-state index is 0.181. The van der Waals surface area contributed by atoms with Gasteiger partial charge in [0.15, 0.2) is 0 Å². The fraction of sp³-hybridized carbons (Fsp3) is 0.647. The van der Waals surface area contributed by atoms with Gasteiger partial charge in [-0.05, 0) is 44.7 Å². The summed E-state index contributed by atoms with van der Waals surface area (Å²) in [6.45, 7) is 6.84. The van der Waals surface area contributed by atoms with Crippen molar-refractivity contribution < 1.29 is 0 Å². The monoisotopic (exact) mass is 260 g/mol. The summed E-state index contributed by atoms with van der Waals surface area (Å²) in [6.07, 6.45) is 6.48. The highest BCUT2D eigenvalue weighted by atomic mass is 15.2. The molecule has 0 saturated carbocycles. The van der Waals surface area contributed by atoms with Crippen molar-refractivity contribution in [1.82, 2.24) is 4.90 Å². The van der Waals surface area contributed by atoms with E-state index in [1.54, 1.807) is 0 Å².